The molecule has 96 valence electrons. The lowest BCUT2D eigenvalue weighted by Gasteiger charge is -2.28. The van der Waals surface area contributed by atoms with Gasteiger partial charge in [0.05, 0.1) is 11.7 Å². The maximum absolute atomic E-state index is 11.1. The Morgan fingerprint density at radius 3 is 2.65 bits per heavy atom. The zero-order valence-electron chi connectivity index (χ0n) is 10.5. The first-order chi connectivity index (χ1) is 8.24. The largest absolute Gasteiger partial charge is 0.370 e. The molecule has 0 aromatic rings. The zero-order valence-corrected chi connectivity index (χ0v) is 10.5. The quantitative estimate of drug-likeness (QED) is 0.766. The van der Waals surface area contributed by atoms with Gasteiger partial charge in [0.2, 0.25) is 5.91 Å². The van der Waals surface area contributed by atoms with Gasteiger partial charge >= 0.3 is 0 Å². The molecule has 17 heavy (non-hydrogen) atoms. The second-order valence-corrected chi connectivity index (χ2v) is 5.33. The van der Waals surface area contributed by atoms with Crippen molar-refractivity contribution in [2.45, 2.75) is 63.1 Å². The van der Waals surface area contributed by atoms with Crippen molar-refractivity contribution in [3.05, 3.63) is 12.7 Å². The number of carbonyl (C=O) groups is 1. The van der Waals surface area contributed by atoms with Gasteiger partial charge in [0.1, 0.15) is 0 Å². The monoisotopic (exact) mass is 237 g/mol. The summed E-state index contributed by atoms with van der Waals surface area (Å²) in [5.41, 5.74) is 0.139. The van der Waals surface area contributed by atoms with E-state index in [0.29, 0.717) is 6.54 Å². The standard InChI is InChI=1S/C14H23NO2/c1-2-13(16)15-11-12-7-10-14(17-12)8-5-3-4-6-9-14/h2,12H,1,3-11H2,(H,15,16). The third kappa shape index (κ3) is 3.32. The Balaban J connectivity index is 1.81. The molecule has 2 fully saturated rings. The van der Waals surface area contributed by atoms with Crippen LogP contribution in [0.3, 0.4) is 0 Å². The molecule has 0 aromatic carbocycles. The molecule has 1 saturated heterocycles. The Kier molecular flexibility index (Phi) is 4.21. The molecule has 1 atom stereocenters. The summed E-state index contributed by atoms with van der Waals surface area (Å²) in [5, 5.41) is 2.83. The molecule has 1 aliphatic heterocycles. The molecule has 0 aromatic heterocycles. The lowest BCUT2D eigenvalue weighted by atomic mass is 9.91. The van der Waals surface area contributed by atoms with E-state index in [1.54, 1.807) is 0 Å². The minimum absolute atomic E-state index is 0.101. The van der Waals surface area contributed by atoms with Crippen LogP contribution in [0, 0.1) is 0 Å². The summed E-state index contributed by atoms with van der Waals surface area (Å²) < 4.78 is 6.22. The molecule has 0 bridgehead atoms. The number of hydrogen-bond acceptors (Lipinski definition) is 2. The Morgan fingerprint density at radius 2 is 2.00 bits per heavy atom. The smallest absolute Gasteiger partial charge is 0.243 e. The maximum Gasteiger partial charge on any atom is 0.243 e. The highest BCUT2D eigenvalue weighted by Gasteiger charge is 2.39. The van der Waals surface area contributed by atoms with E-state index in [4.69, 9.17) is 4.74 Å². The first-order valence-corrected chi connectivity index (χ1v) is 6.82. The first-order valence-electron chi connectivity index (χ1n) is 6.82. The summed E-state index contributed by atoms with van der Waals surface area (Å²) in [6.45, 7) is 4.08. The summed E-state index contributed by atoms with van der Waals surface area (Å²) in [7, 11) is 0. The highest BCUT2D eigenvalue weighted by molar-refractivity contribution is 5.86. The van der Waals surface area contributed by atoms with Crippen LogP contribution in [0.5, 0.6) is 0 Å². The van der Waals surface area contributed by atoms with Gasteiger partial charge < -0.3 is 10.1 Å². The lowest BCUT2D eigenvalue weighted by Crippen LogP contribution is -2.34. The second-order valence-electron chi connectivity index (χ2n) is 5.33. The van der Waals surface area contributed by atoms with Crippen molar-refractivity contribution >= 4 is 5.91 Å². The predicted octanol–water partition coefficient (Wildman–Crippen LogP) is 2.56. The van der Waals surface area contributed by atoms with Crippen LogP contribution in [0.25, 0.3) is 0 Å². The number of hydrogen-bond donors (Lipinski definition) is 1. The summed E-state index contributed by atoms with van der Waals surface area (Å²) in [6, 6.07) is 0. The van der Waals surface area contributed by atoms with Gasteiger partial charge in [-0.3, -0.25) is 4.79 Å². The third-order valence-electron chi connectivity index (χ3n) is 4.04. The van der Waals surface area contributed by atoms with Gasteiger partial charge in [0, 0.05) is 6.54 Å². The van der Waals surface area contributed by atoms with E-state index in [2.05, 4.69) is 11.9 Å². The highest BCUT2D eigenvalue weighted by atomic mass is 16.5. The second kappa shape index (κ2) is 5.67. The van der Waals surface area contributed by atoms with Crippen molar-refractivity contribution in [2.75, 3.05) is 6.54 Å². The maximum atomic E-state index is 11.1. The minimum atomic E-state index is -0.101. The number of ether oxygens (including phenoxy) is 1. The summed E-state index contributed by atoms with van der Waals surface area (Å²) in [4.78, 5) is 11.1. The Labute approximate surface area is 104 Å². The molecule has 1 spiro atoms. The van der Waals surface area contributed by atoms with Gasteiger partial charge in [-0.05, 0) is 31.8 Å². The van der Waals surface area contributed by atoms with Gasteiger partial charge in [-0.15, -0.1) is 0 Å². The van der Waals surface area contributed by atoms with Crippen molar-refractivity contribution in [3.63, 3.8) is 0 Å². The van der Waals surface area contributed by atoms with E-state index in [1.807, 2.05) is 0 Å². The molecule has 1 saturated carbocycles. The molecular formula is C14H23NO2. The number of rotatable bonds is 3. The van der Waals surface area contributed by atoms with Gasteiger partial charge in [-0.1, -0.05) is 32.3 Å². The number of amides is 1. The van der Waals surface area contributed by atoms with E-state index in [9.17, 15) is 4.79 Å². The van der Waals surface area contributed by atoms with E-state index in [1.165, 1.54) is 51.0 Å². The fourth-order valence-electron chi connectivity index (χ4n) is 3.07. The summed E-state index contributed by atoms with van der Waals surface area (Å²) in [5.74, 6) is -0.101. The van der Waals surface area contributed by atoms with Crippen molar-refractivity contribution in [1.82, 2.24) is 5.32 Å². The van der Waals surface area contributed by atoms with Crippen molar-refractivity contribution < 1.29 is 9.53 Å². The van der Waals surface area contributed by atoms with Crippen LogP contribution < -0.4 is 5.32 Å². The molecule has 0 radical (unpaired) electrons. The molecule has 3 heteroatoms. The molecule has 1 unspecified atom stereocenters. The normalized spacial score (nSPS) is 27.6. The zero-order chi connectivity index (χ0) is 12.1. The molecule has 3 nitrogen and oxygen atoms in total. The lowest BCUT2D eigenvalue weighted by molar-refractivity contribution is -0.117. The van der Waals surface area contributed by atoms with Gasteiger partial charge in [0.25, 0.3) is 0 Å². The molecule has 1 heterocycles. The third-order valence-corrected chi connectivity index (χ3v) is 4.04. The topological polar surface area (TPSA) is 38.3 Å². The number of nitrogens with one attached hydrogen (secondary N) is 1. The molecular weight excluding hydrogens is 214 g/mol. The minimum Gasteiger partial charge on any atom is -0.370 e. The number of carbonyl (C=O) groups excluding carboxylic acids is 1. The highest BCUT2D eigenvalue weighted by Crippen LogP contribution is 2.40. The first kappa shape index (κ1) is 12.6. The fraction of sp³-hybridized carbons (Fsp3) is 0.786. The Hall–Kier alpha value is -0.830. The Bertz CT molecular complexity index is 280. The molecule has 1 aliphatic carbocycles. The van der Waals surface area contributed by atoms with E-state index < -0.39 is 0 Å². The van der Waals surface area contributed by atoms with Crippen LogP contribution in [-0.4, -0.2) is 24.2 Å². The van der Waals surface area contributed by atoms with Crippen LogP contribution in [0.2, 0.25) is 0 Å². The van der Waals surface area contributed by atoms with Crippen LogP contribution in [0.1, 0.15) is 51.4 Å². The molecule has 1 N–H and O–H groups in total. The van der Waals surface area contributed by atoms with Crippen LogP contribution in [0.4, 0.5) is 0 Å². The average molecular weight is 237 g/mol. The SMILES string of the molecule is C=CC(=O)NCC1CCC2(CCCCCC2)O1. The fourth-order valence-corrected chi connectivity index (χ4v) is 3.07. The van der Waals surface area contributed by atoms with Crippen molar-refractivity contribution in [3.8, 4) is 0 Å². The molecule has 2 aliphatic rings. The summed E-state index contributed by atoms with van der Waals surface area (Å²) in [6.07, 6.45) is 11.5. The van der Waals surface area contributed by atoms with E-state index in [0.717, 1.165) is 6.42 Å². The van der Waals surface area contributed by atoms with Gasteiger partial charge in [0.15, 0.2) is 0 Å². The van der Waals surface area contributed by atoms with Crippen LogP contribution in [-0.2, 0) is 9.53 Å². The predicted molar refractivity (Wildman–Crippen MR) is 67.7 cm³/mol. The van der Waals surface area contributed by atoms with Crippen LogP contribution in [0.15, 0.2) is 12.7 Å². The van der Waals surface area contributed by atoms with Gasteiger partial charge in [-0.25, -0.2) is 0 Å². The van der Waals surface area contributed by atoms with Crippen LogP contribution >= 0.6 is 0 Å². The van der Waals surface area contributed by atoms with Crippen molar-refractivity contribution in [2.24, 2.45) is 0 Å². The van der Waals surface area contributed by atoms with Crippen molar-refractivity contribution in [1.29, 1.82) is 0 Å². The molecule has 1 amide bonds. The Morgan fingerprint density at radius 1 is 1.29 bits per heavy atom. The average Bonchev–Trinajstić information content (AvgIpc) is 2.59. The summed E-state index contributed by atoms with van der Waals surface area (Å²) >= 11 is 0. The van der Waals surface area contributed by atoms with Gasteiger partial charge in [-0.2, -0.15) is 0 Å². The van der Waals surface area contributed by atoms with E-state index in [-0.39, 0.29) is 17.6 Å². The molecule has 2 rings (SSSR count). The van der Waals surface area contributed by atoms with E-state index >= 15 is 0 Å².